The number of rotatable bonds is 3. The Labute approximate surface area is 90.6 Å². The normalized spacial score (nSPS) is 26.4. The molecule has 84 valence electrons. The Morgan fingerprint density at radius 1 is 1.53 bits per heavy atom. The van der Waals surface area contributed by atoms with Crippen molar-refractivity contribution in [1.82, 2.24) is 14.9 Å². The highest BCUT2D eigenvalue weighted by Crippen LogP contribution is 2.24. The molecule has 4 heteroatoms. The lowest BCUT2D eigenvalue weighted by Gasteiger charge is -2.22. The molecule has 2 atom stereocenters. The second-order valence-corrected chi connectivity index (χ2v) is 4.38. The van der Waals surface area contributed by atoms with Crippen LogP contribution in [0.25, 0.3) is 0 Å². The van der Waals surface area contributed by atoms with Gasteiger partial charge in [0.1, 0.15) is 0 Å². The maximum Gasteiger partial charge on any atom is 0.0952 e. The predicted octanol–water partition coefficient (Wildman–Crippen LogP) is 1.17. The molecule has 1 aromatic heterocycles. The van der Waals surface area contributed by atoms with Crippen LogP contribution in [0.4, 0.5) is 0 Å². The van der Waals surface area contributed by atoms with Crippen LogP contribution in [0, 0.1) is 0 Å². The van der Waals surface area contributed by atoms with Gasteiger partial charge in [0.25, 0.3) is 0 Å². The molecule has 1 saturated heterocycles. The second-order valence-electron chi connectivity index (χ2n) is 4.38. The number of aromatic nitrogens is 2. The Bertz CT molecular complexity index is 321. The first-order chi connectivity index (χ1) is 7.24. The van der Waals surface area contributed by atoms with E-state index in [9.17, 15) is 0 Å². The van der Waals surface area contributed by atoms with Crippen LogP contribution in [-0.4, -0.2) is 35.9 Å². The highest BCUT2D eigenvalue weighted by Gasteiger charge is 2.29. The van der Waals surface area contributed by atoms with Gasteiger partial charge in [-0.2, -0.15) is 0 Å². The van der Waals surface area contributed by atoms with E-state index in [0.29, 0.717) is 12.0 Å². The van der Waals surface area contributed by atoms with Gasteiger partial charge in [-0.1, -0.05) is 13.8 Å². The molecule has 2 heterocycles. The Kier molecular flexibility index (Phi) is 3.07. The fourth-order valence-electron chi connectivity index (χ4n) is 2.20. The van der Waals surface area contributed by atoms with Gasteiger partial charge in [-0.15, -0.1) is 0 Å². The second kappa shape index (κ2) is 4.33. The highest BCUT2D eigenvalue weighted by molar-refractivity contribution is 5.07. The Morgan fingerprint density at radius 3 is 3.00 bits per heavy atom. The molecule has 0 aromatic carbocycles. The molecule has 15 heavy (non-hydrogen) atoms. The van der Waals surface area contributed by atoms with Gasteiger partial charge < -0.3 is 14.6 Å². The number of hydrogen-bond donors (Lipinski definition) is 1. The number of nitrogens with one attached hydrogen (secondary N) is 1. The number of nitrogens with zero attached hydrogens (tertiary/aromatic N) is 2. The van der Waals surface area contributed by atoms with E-state index in [2.05, 4.69) is 28.7 Å². The molecule has 0 radical (unpaired) electrons. The van der Waals surface area contributed by atoms with E-state index in [0.717, 1.165) is 13.1 Å². The molecule has 1 unspecified atom stereocenters. The molecule has 2 rings (SSSR count). The minimum absolute atomic E-state index is 0.261. The van der Waals surface area contributed by atoms with E-state index >= 15 is 0 Å². The monoisotopic (exact) mass is 209 g/mol. The first-order valence-electron chi connectivity index (χ1n) is 5.49. The van der Waals surface area contributed by atoms with E-state index in [4.69, 9.17) is 4.74 Å². The van der Waals surface area contributed by atoms with E-state index in [1.54, 1.807) is 7.11 Å². The van der Waals surface area contributed by atoms with Crippen molar-refractivity contribution in [2.24, 2.45) is 0 Å². The number of ether oxygens (including phenoxy) is 1. The van der Waals surface area contributed by atoms with Gasteiger partial charge in [-0.05, 0) is 5.92 Å². The van der Waals surface area contributed by atoms with E-state index < -0.39 is 0 Å². The zero-order chi connectivity index (χ0) is 10.8. The van der Waals surface area contributed by atoms with E-state index in [1.165, 1.54) is 5.69 Å². The van der Waals surface area contributed by atoms with Gasteiger partial charge in [0, 0.05) is 32.1 Å². The standard InChI is InChI=1S/C11H19N3O/c1-8(2)9-4-13-7-14(9)10-5-12-6-11(10)15-3/h4,7-8,10-12H,5-6H2,1-3H3/t10?,11-/m0/s1. The summed E-state index contributed by atoms with van der Waals surface area (Å²) in [6, 6.07) is 0.384. The van der Waals surface area contributed by atoms with Crippen molar-refractivity contribution in [3.05, 3.63) is 18.2 Å². The van der Waals surface area contributed by atoms with Crippen LogP contribution in [-0.2, 0) is 4.74 Å². The molecule has 1 aliphatic rings. The topological polar surface area (TPSA) is 39.1 Å². The third-order valence-electron chi connectivity index (χ3n) is 3.08. The van der Waals surface area contributed by atoms with Crippen LogP contribution in [0.3, 0.4) is 0 Å². The van der Waals surface area contributed by atoms with Crippen LogP contribution in [0.15, 0.2) is 12.5 Å². The molecule has 0 aliphatic carbocycles. The summed E-state index contributed by atoms with van der Waals surface area (Å²) in [6.45, 7) is 6.28. The maximum atomic E-state index is 5.47. The fourth-order valence-corrected chi connectivity index (χ4v) is 2.20. The van der Waals surface area contributed by atoms with E-state index in [1.807, 2.05) is 12.5 Å². The number of methoxy groups -OCH3 is 1. The minimum atomic E-state index is 0.261. The summed E-state index contributed by atoms with van der Waals surface area (Å²) in [7, 11) is 1.77. The summed E-state index contributed by atoms with van der Waals surface area (Å²) in [6.07, 6.45) is 4.13. The third kappa shape index (κ3) is 1.92. The quantitative estimate of drug-likeness (QED) is 0.812. The minimum Gasteiger partial charge on any atom is -0.378 e. The molecular weight excluding hydrogens is 190 g/mol. The van der Waals surface area contributed by atoms with Crippen LogP contribution >= 0.6 is 0 Å². The van der Waals surface area contributed by atoms with Gasteiger partial charge in [-0.25, -0.2) is 4.98 Å². The van der Waals surface area contributed by atoms with Gasteiger partial charge in [-0.3, -0.25) is 0 Å². The summed E-state index contributed by atoms with van der Waals surface area (Å²) in [5.74, 6) is 0.505. The van der Waals surface area contributed by atoms with Crippen molar-refractivity contribution >= 4 is 0 Å². The lowest BCUT2D eigenvalue weighted by atomic mass is 10.1. The number of imidazole rings is 1. The average Bonchev–Trinajstić information content (AvgIpc) is 2.85. The van der Waals surface area contributed by atoms with Crippen molar-refractivity contribution in [2.75, 3.05) is 20.2 Å². The summed E-state index contributed by atoms with van der Waals surface area (Å²) in [5, 5.41) is 3.35. The molecule has 1 aliphatic heterocycles. The first-order valence-corrected chi connectivity index (χ1v) is 5.49. The molecule has 0 saturated carbocycles. The van der Waals surface area contributed by atoms with Crippen LogP contribution in [0.2, 0.25) is 0 Å². The smallest absolute Gasteiger partial charge is 0.0952 e. The molecule has 4 nitrogen and oxygen atoms in total. The highest BCUT2D eigenvalue weighted by atomic mass is 16.5. The zero-order valence-corrected chi connectivity index (χ0v) is 9.60. The molecule has 1 aromatic rings. The SMILES string of the molecule is CO[C@H]1CNCC1n1cncc1C(C)C. The maximum absolute atomic E-state index is 5.47. The summed E-state index contributed by atoms with van der Waals surface area (Å²) < 4.78 is 7.72. The third-order valence-corrected chi connectivity index (χ3v) is 3.08. The summed E-state index contributed by atoms with van der Waals surface area (Å²) in [4.78, 5) is 4.24. The Hall–Kier alpha value is -0.870. The molecular formula is C11H19N3O. The van der Waals surface area contributed by atoms with Crippen molar-refractivity contribution in [3.63, 3.8) is 0 Å². The lowest BCUT2D eigenvalue weighted by molar-refractivity contribution is 0.0855. The summed E-state index contributed by atoms with van der Waals surface area (Å²) >= 11 is 0. The fraction of sp³-hybridized carbons (Fsp3) is 0.727. The zero-order valence-electron chi connectivity index (χ0n) is 9.60. The van der Waals surface area contributed by atoms with Crippen molar-refractivity contribution < 1.29 is 4.74 Å². The van der Waals surface area contributed by atoms with Crippen molar-refractivity contribution in [1.29, 1.82) is 0 Å². The van der Waals surface area contributed by atoms with E-state index in [-0.39, 0.29) is 6.10 Å². The van der Waals surface area contributed by atoms with Gasteiger partial charge in [0.15, 0.2) is 0 Å². The first kappa shape index (κ1) is 10.6. The van der Waals surface area contributed by atoms with Crippen LogP contribution in [0.1, 0.15) is 31.5 Å². The molecule has 0 bridgehead atoms. The van der Waals surface area contributed by atoms with Crippen LogP contribution in [0.5, 0.6) is 0 Å². The molecule has 0 amide bonds. The lowest BCUT2D eigenvalue weighted by Crippen LogP contribution is -2.25. The number of hydrogen-bond acceptors (Lipinski definition) is 3. The molecule has 1 N–H and O–H groups in total. The van der Waals surface area contributed by atoms with Crippen molar-refractivity contribution in [3.8, 4) is 0 Å². The summed E-state index contributed by atoms with van der Waals surface area (Å²) in [5.41, 5.74) is 1.28. The van der Waals surface area contributed by atoms with Crippen LogP contribution < -0.4 is 5.32 Å². The largest absolute Gasteiger partial charge is 0.378 e. The molecule has 0 spiro atoms. The van der Waals surface area contributed by atoms with Gasteiger partial charge in [0.2, 0.25) is 0 Å². The molecule has 1 fully saturated rings. The Balaban J connectivity index is 2.24. The van der Waals surface area contributed by atoms with Gasteiger partial charge >= 0.3 is 0 Å². The average molecular weight is 209 g/mol. The Morgan fingerprint density at radius 2 is 2.33 bits per heavy atom. The van der Waals surface area contributed by atoms with Gasteiger partial charge in [0.05, 0.1) is 18.5 Å². The predicted molar refractivity (Wildman–Crippen MR) is 59.0 cm³/mol. The van der Waals surface area contributed by atoms with Crippen molar-refractivity contribution in [2.45, 2.75) is 31.9 Å².